The van der Waals surface area contributed by atoms with E-state index in [0.717, 1.165) is 43.8 Å². The van der Waals surface area contributed by atoms with Gasteiger partial charge >= 0.3 is 0 Å². The quantitative estimate of drug-likeness (QED) is 0.705. The number of hydrogen-bond donors (Lipinski definition) is 2. The van der Waals surface area contributed by atoms with E-state index in [1.807, 2.05) is 0 Å². The van der Waals surface area contributed by atoms with Crippen LogP contribution in [0.15, 0.2) is 30.3 Å². The fraction of sp³-hybridized carbons (Fsp3) is 0.727. The molecule has 0 saturated heterocycles. The zero-order chi connectivity index (χ0) is 16.4. The van der Waals surface area contributed by atoms with Crippen molar-refractivity contribution in [2.45, 2.75) is 57.9 Å². The number of benzene rings is 1. The zero-order valence-corrected chi connectivity index (χ0v) is 15.3. The van der Waals surface area contributed by atoms with Crippen molar-refractivity contribution >= 4 is 0 Å². The summed E-state index contributed by atoms with van der Waals surface area (Å²) in [5, 5.41) is 7.48. The van der Waals surface area contributed by atoms with Gasteiger partial charge < -0.3 is 10.6 Å². The molecule has 0 aliphatic heterocycles. The number of nitrogens with one attached hydrogen (secondary N) is 2. The summed E-state index contributed by atoms with van der Waals surface area (Å²) in [6, 6.07) is 11.5. The SMILES string of the molecule is CC(NCCNCCc1ccccc1)C12CC3CC(CC(C3)C1)C2. The molecule has 0 spiro atoms. The van der Waals surface area contributed by atoms with E-state index in [4.69, 9.17) is 0 Å². The summed E-state index contributed by atoms with van der Waals surface area (Å²) >= 11 is 0. The van der Waals surface area contributed by atoms with Crippen molar-refractivity contribution in [2.24, 2.45) is 23.2 Å². The van der Waals surface area contributed by atoms with Gasteiger partial charge in [0.15, 0.2) is 0 Å². The summed E-state index contributed by atoms with van der Waals surface area (Å²) in [7, 11) is 0. The van der Waals surface area contributed by atoms with Crippen LogP contribution in [-0.2, 0) is 6.42 Å². The van der Waals surface area contributed by atoms with Crippen LogP contribution in [0, 0.1) is 23.2 Å². The second-order valence-electron chi connectivity index (χ2n) is 8.94. The monoisotopic (exact) mass is 326 g/mol. The largest absolute Gasteiger partial charge is 0.315 e. The zero-order valence-electron chi connectivity index (χ0n) is 15.3. The first kappa shape index (κ1) is 16.6. The number of hydrogen-bond acceptors (Lipinski definition) is 2. The first-order valence-electron chi connectivity index (χ1n) is 10.2. The van der Waals surface area contributed by atoms with Gasteiger partial charge in [-0.25, -0.2) is 0 Å². The van der Waals surface area contributed by atoms with Gasteiger partial charge in [-0.05, 0) is 87.1 Å². The second kappa shape index (κ2) is 7.17. The molecule has 0 heterocycles. The summed E-state index contributed by atoms with van der Waals surface area (Å²) in [5.41, 5.74) is 2.07. The molecule has 4 aliphatic carbocycles. The molecule has 5 rings (SSSR count). The van der Waals surface area contributed by atoms with E-state index in [2.05, 4.69) is 47.9 Å². The molecule has 4 aliphatic rings. The van der Waals surface area contributed by atoms with E-state index in [1.165, 1.54) is 24.8 Å². The van der Waals surface area contributed by atoms with Crippen LogP contribution < -0.4 is 10.6 Å². The molecular weight excluding hydrogens is 292 g/mol. The standard InChI is InChI=1S/C22H34N2/c1-17(22-14-19-11-20(15-22)13-21(12-19)16-22)24-10-9-23-8-7-18-5-3-2-4-6-18/h2-6,17,19-21,23-24H,7-16H2,1H3. The molecule has 2 heteroatoms. The van der Waals surface area contributed by atoms with Crippen LogP contribution in [0.2, 0.25) is 0 Å². The van der Waals surface area contributed by atoms with Gasteiger partial charge in [-0.1, -0.05) is 30.3 Å². The maximum Gasteiger partial charge on any atom is 0.00960 e. The fourth-order valence-electron chi connectivity index (χ4n) is 6.30. The third-order valence-electron chi connectivity index (χ3n) is 7.19. The minimum Gasteiger partial charge on any atom is -0.315 e. The summed E-state index contributed by atoms with van der Waals surface area (Å²) in [6.07, 6.45) is 10.3. The molecular formula is C22H34N2. The minimum absolute atomic E-state index is 0.638. The Hall–Kier alpha value is -0.860. The summed E-state index contributed by atoms with van der Waals surface area (Å²) in [6.45, 7) is 5.75. The molecule has 1 unspecified atom stereocenters. The van der Waals surface area contributed by atoms with Crippen LogP contribution >= 0.6 is 0 Å². The van der Waals surface area contributed by atoms with Gasteiger partial charge in [-0.3, -0.25) is 0 Å². The first-order valence-corrected chi connectivity index (χ1v) is 10.2. The molecule has 0 aromatic heterocycles. The third kappa shape index (κ3) is 3.55. The smallest absolute Gasteiger partial charge is 0.00960 e. The van der Waals surface area contributed by atoms with Gasteiger partial charge in [-0.15, -0.1) is 0 Å². The predicted molar refractivity (Wildman–Crippen MR) is 101 cm³/mol. The molecule has 24 heavy (non-hydrogen) atoms. The molecule has 0 amide bonds. The predicted octanol–water partition coefficient (Wildman–Crippen LogP) is 4.01. The Morgan fingerprint density at radius 2 is 1.54 bits per heavy atom. The Kier molecular flexibility index (Phi) is 4.96. The van der Waals surface area contributed by atoms with Gasteiger partial charge in [0.1, 0.15) is 0 Å². The molecule has 4 saturated carbocycles. The van der Waals surface area contributed by atoms with Crippen molar-refractivity contribution in [3.63, 3.8) is 0 Å². The maximum absolute atomic E-state index is 3.88. The average molecular weight is 327 g/mol. The lowest BCUT2D eigenvalue weighted by Crippen LogP contribution is -2.55. The van der Waals surface area contributed by atoms with Gasteiger partial charge in [0.2, 0.25) is 0 Å². The van der Waals surface area contributed by atoms with E-state index in [1.54, 1.807) is 19.3 Å². The Bertz CT molecular complexity index is 489. The lowest BCUT2D eigenvalue weighted by atomic mass is 9.48. The normalized spacial score (nSPS) is 35.3. The van der Waals surface area contributed by atoms with E-state index >= 15 is 0 Å². The van der Waals surface area contributed by atoms with Crippen molar-refractivity contribution < 1.29 is 0 Å². The Balaban J connectivity index is 1.17. The van der Waals surface area contributed by atoms with Gasteiger partial charge in [0, 0.05) is 19.1 Å². The lowest BCUT2D eigenvalue weighted by molar-refractivity contribution is -0.0702. The van der Waals surface area contributed by atoms with E-state index in [-0.39, 0.29) is 0 Å². The maximum atomic E-state index is 3.88. The molecule has 2 nitrogen and oxygen atoms in total. The average Bonchev–Trinajstić information content (AvgIpc) is 2.57. The Morgan fingerprint density at radius 3 is 2.17 bits per heavy atom. The van der Waals surface area contributed by atoms with Gasteiger partial charge in [0.05, 0.1) is 0 Å². The fourth-order valence-corrected chi connectivity index (χ4v) is 6.30. The summed E-state index contributed by atoms with van der Waals surface area (Å²) < 4.78 is 0. The van der Waals surface area contributed by atoms with Crippen LogP contribution in [0.5, 0.6) is 0 Å². The Labute approximate surface area is 147 Å². The highest BCUT2D eigenvalue weighted by atomic mass is 15.0. The van der Waals surface area contributed by atoms with Crippen molar-refractivity contribution in [2.75, 3.05) is 19.6 Å². The lowest BCUT2D eigenvalue weighted by Gasteiger charge is -2.59. The molecule has 1 aromatic rings. The van der Waals surface area contributed by atoms with E-state index < -0.39 is 0 Å². The molecule has 4 bridgehead atoms. The summed E-state index contributed by atoms with van der Waals surface area (Å²) in [5.74, 6) is 3.18. The van der Waals surface area contributed by atoms with Crippen LogP contribution in [-0.4, -0.2) is 25.7 Å². The van der Waals surface area contributed by atoms with Crippen LogP contribution in [0.1, 0.15) is 51.0 Å². The molecule has 1 aromatic carbocycles. The van der Waals surface area contributed by atoms with Crippen LogP contribution in [0.4, 0.5) is 0 Å². The highest BCUT2D eigenvalue weighted by Gasteiger charge is 2.52. The van der Waals surface area contributed by atoms with Gasteiger partial charge in [0.25, 0.3) is 0 Å². The molecule has 4 fully saturated rings. The van der Waals surface area contributed by atoms with E-state index in [9.17, 15) is 0 Å². The van der Waals surface area contributed by atoms with Gasteiger partial charge in [-0.2, -0.15) is 0 Å². The van der Waals surface area contributed by atoms with Crippen molar-refractivity contribution in [3.05, 3.63) is 35.9 Å². The van der Waals surface area contributed by atoms with Crippen LogP contribution in [0.25, 0.3) is 0 Å². The molecule has 132 valence electrons. The van der Waals surface area contributed by atoms with Crippen molar-refractivity contribution in [3.8, 4) is 0 Å². The van der Waals surface area contributed by atoms with Crippen molar-refractivity contribution in [1.82, 2.24) is 10.6 Å². The highest BCUT2D eigenvalue weighted by Crippen LogP contribution is 2.61. The van der Waals surface area contributed by atoms with E-state index in [0.29, 0.717) is 11.5 Å². The summed E-state index contributed by atoms with van der Waals surface area (Å²) in [4.78, 5) is 0. The van der Waals surface area contributed by atoms with Crippen molar-refractivity contribution in [1.29, 1.82) is 0 Å². The third-order valence-corrected chi connectivity index (χ3v) is 7.19. The van der Waals surface area contributed by atoms with Crippen LogP contribution in [0.3, 0.4) is 0 Å². The molecule has 2 N–H and O–H groups in total. The first-order chi connectivity index (χ1) is 11.7. The molecule has 0 radical (unpaired) electrons. The highest BCUT2D eigenvalue weighted by molar-refractivity contribution is 5.14. The molecule has 1 atom stereocenters. The Morgan fingerprint density at radius 1 is 0.917 bits per heavy atom. The topological polar surface area (TPSA) is 24.1 Å². The second-order valence-corrected chi connectivity index (χ2v) is 8.94. The number of rotatable bonds is 8. The minimum atomic E-state index is 0.638.